The maximum atomic E-state index is 12.7. The van der Waals surface area contributed by atoms with Gasteiger partial charge in [-0.15, -0.1) is 5.10 Å². The Hall–Kier alpha value is -1.57. The fraction of sp³-hybridized carbons (Fsp3) is 0.500. The smallest absolute Gasteiger partial charge is 0.342 e. The molecule has 0 bridgehead atoms. The molecule has 1 aliphatic rings. The van der Waals surface area contributed by atoms with Crippen molar-refractivity contribution in [3.8, 4) is 0 Å². The molecule has 6 nitrogen and oxygen atoms in total. The average molecular weight is 204 g/mol. The van der Waals surface area contributed by atoms with Gasteiger partial charge in [-0.05, 0) is 4.92 Å². The van der Waals surface area contributed by atoms with Crippen LogP contribution in [0, 0.1) is 10.1 Å². The van der Waals surface area contributed by atoms with Crippen LogP contribution in [0.5, 0.6) is 0 Å². The summed E-state index contributed by atoms with van der Waals surface area (Å²) < 4.78 is 25.5. The highest BCUT2D eigenvalue weighted by Crippen LogP contribution is 2.57. The predicted molar refractivity (Wildman–Crippen MR) is 40.7 cm³/mol. The van der Waals surface area contributed by atoms with Crippen LogP contribution in [0.1, 0.15) is 12.1 Å². The summed E-state index contributed by atoms with van der Waals surface area (Å²) >= 11 is 0. The third-order valence-electron chi connectivity index (χ3n) is 2.25. The number of aromatic amines is 1. The van der Waals surface area contributed by atoms with E-state index in [2.05, 4.69) is 5.10 Å². The van der Waals surface area contributed by atoms with Gasteiger partial charge in [0.2, 0.25) is 0 Å². The number of alkyl halides is 2. The van der Waals surface area contributed by atoms with Gasteiger partial charge in [-0.25, -0.2) is 8.78 Å². The van der Waals surface area contributed by atoms with Crippen molar-refractivity contribution in [2.45, 2.75) is 17.9 Å². The molecule has 1 unspecified atom stereocenters. The lowest BCUT2D eigenvalue weighted by Crippen LogP contribution is -2.27. The lowest BCUT2D eigenvalue weighted by molar-refractivity contribution is -0.389. The molecule has 0 aliphatic heterocycles. The number of nitrogens with one attached hydrogen (secondary N) is 1. The van der Waals surface area contributed by atoms with Crippen molar-refractivity contribution in [3.63, 3.8) is 0 Å². The summed E-state index contributed by atoms with van der Waals surface area (Å²) in [5.41, 5.74) is 3.30. The maximum Gasteiger partial charge on any atom is 0.342 e. The highest BCUT2D eigenvalue weighted by Gasteiger charge is 2.71. The summed E-state index contributed by atoms with van der Waals surface area (Å²) in [5.74, 6) is -3.46. The molecule has 0 aromatic carbocycles. The van der Waals surface area contributed by atoms with Crippen LogP contribution in [0.3, 0.4) is 0 Å². The summed E-state index contributed by atoms with van der Waals surface area (Å²) in [4.78, 5) is 9.48. The predicted octanol–water partition coefficient (Wildman–Crippen LogP) is 0.511. The van der Waals surface area contributed by atoms with Gasteiger partial charge in [0.05, 0.1) is 6.07 Å². The van der Waals surface area contributed by atoms with Crippen molar-refractivity contribution in [2.75, 3.05) is 0 Å². The van der Waals surface area contributed by atoms with E-state index in [4.69, 9.17) is 5.73 Å². The first-order chi connectivity index (χ1) is 6.37. The number of nitro groups is 1. The van der Waals surface area contributed by atoms with E-state index in [1.807, 2.05) is 5.10 Å². The van der Waals surface area contributed by atoms with E-state index in [1.165, 1.54) is 0 Å². The summed E-state index contributed by atoms with van der Waals surface area (Å²) in [6.45, 7) is 0. The summed E-state index contributed by atoms with van der Waals surface area (Å²) in [6, 6.07) is 0.931. The van der Waals surface area contributed by atoms with E-state index in [9.17, 15) is 18.9 Å². The van der Waals surface area contributed by atoms with Crippen LogP contribution in [0.25, 0.3) is 0 Å². The van der Waals surface area contributed by atoms with Crippen LogP contribution in [-0.4, -0.2) is 21.0 Å². The van der Waals surface area contributed by atoms with Crippen LogP contribution in [0.4, 0.5) is 14.6 Å². The molecule has 1 heterocycles. The van der Waals surface area contributed by atoms with E-state index in [0.717, 1.165) is 6.07 Å². The molecule has 0 spiro atoms. The van der Waals surface area contributed by atoms with Gasteiger partial charge in [0.25, 0.3) is 5.92 Å². The number of aromatic nitrogens is 2. The zero-order valence-corrected chi connectivity index (χ0v) is 6.83. The Balaban J connectivity index is 2.32. The third-order valence-corrected chi connectivity index (χ3v) is 2.25. The number of hydrogen-bond acceptors (Lipinski definition) is 4. The van der Waals surface area contributed by atoms with Crippen LogP contribution in [0.15, 0.2) is 6.07 Å². The molecule has 1 saturated carbocycles. The highest BCUT2D eigenvalue weighted by molar-refractivity contribution is 5.35. The molecule has 0 radical (unpaired) electrons. The number of hydrogen-bond donors (Lipinski definition) is 2. The van der Waals surface area contributed by atoms with Gasteiger partial charge in [0.15, 0.2) is 0 Å². The van der Waals surface area contributed by atoms with Crippen LogP contribution in [-0.2, 0) is 5.54 Å². The molecule has 1 aromatic heterocycles. The number of nitrogens with two attached hydrogens (primary N) is 1. The Morgan fingerprint density at radius 2 is 2.29 bits per heavy atom. The molecule has 3 N–H and O–H groups in total. The highest BCUT2D eigenvalue weighted by atomic mass is 19.3. The topological polar surface area (TPSA) is 97.8 Å². The number of halogens is 2. The normalized spacial score (nSPS) is 28.8. The van der Waals surface area contributed by atoms with Crippen molar-refractivity contribution in [1.29, 1.82) is 0 Å². The van der Waals surface area contributed by atoms with Crippen molar-refractivity contribution < 1.29 is 13.7 Å². The van der Waals surface area contributed by atoms with Crippen molar-refractivity contribution in [1.82, 2.24) is 10.2 Å². The standard InChI is InChI=1S/C6H6F2N4O2/c7-6(8)2-5(6,9)3-1-4(11-10-3)12(13)14/h1H,2,9H2,(H,10,11). The van der Waals surface area contributed by atoms with Gasteiger partial charge < -0.3 is 15.8 Å². The first kappa shape index (κ1) is 9.00. The second kappa shape index (κ2) is 2.27. The van der Waals surface area contributed by atoms with Gasteiger partial charge in [-0.2, -0.15) is 0 Å². The van der Waals surface area contributed by atoms with Gasteiger partial charge in [-0.3, -0.25) is 0 Å². The Bertz CT molecular complexity index is 404. The minimum atomic E-state index is -3.02. The molecule has 1 aliphatic carbocycles. The van der Waals surface area contributed by atoms with Crippen LogP contribution in [0.2, 0.25) is 0 Å². The zero-order chi connectivity index (χ0) is 10.6. The largest absolute Gasteiger partial charge is 0.358 e. The molecule has 0 amide bonds. The van der Waals surface area contributed by atoms with Crippen LogP contribution >= 0.6 is 0 Å². The Labute approximate surface area is 76.2 Å². The van der Waals surface area contributed by atoms with Gasteiger partial charge in [0.1, 0.15) is 11.2 Å². The molecule has 14 heavy (non-hydrogen) atoms. The number of H-pyrrole nitrogens is 1. The van der Waals surface area contributed by atoms with Crippen molar-refractivity contribution in [2.24, 2.45) is 5.73 Å². The lowest BCUT2D eigenvalue weighted by Gasteiger charge is -2.03. The fourth-order valence-corrected chi connectivity index (χ4v) is 1.22. The molecule has 76 valence electrons. The van der Waals surface area contributed by atoms with E-state index in [1.54, 1.807) is 0 Å². The molecule has 1 aromatic rings. The maximum absolute atomic E-state index is 12.7. The van der Waals surface area contributed by atoms with E-state index in [-0.39, 0.29) is 5.69 Å². The average Bonchev–Trinajstić information content (AvgIpc) is 2.53. The molecular weight excluding hydrogens is 198 g/mol. The Morgan fingerprint density at radius 1 is 1.71 bits per heavy atom. The molecule has 1 fully saturated rings. The van der Waals surface area contributed by atoms with Gasteiger partial charge in [0, 0.05) is 6.42 Å². The molecule has 8 heteroatoms. The fourth-order valence-electron chi connectivity index (χ4n) is 1.22. The summed E-state index contributed by atoms with van der Waals surface area (Å²) in [6.07, 6.45) is -0.526. The van der Waals surface area contributed by atoms with E-state index < -0.39 is 28.6 Å². The molecule has 0 saturated heterocycles. The van der Waals surface area contributed by atoms with Gasteiger partial charge in [-0.1, -0.05) is 5.10 Å². The number of rotatable bonds is 2. The first-order valence-electron chi connectivity index (χ1n) is 3.74. The molecular formula is C6H6F2N4O2. The van der Waals surface area contributed by atoms with E-state index >= 15 is 0 Å². The lowest BCUT2D eigenvalue weighted by atomic mass is 10.2. The summed E-state index contributed by atoms with van der Waals surface area (Å²) in [7, 11) is 0. The second-order valence-electron chi connectivity index (χ2n) is 3.25. The molecule has 1 atom stereocenters. The minimum absolute atomic E-state index is 0.172. The summed E-state index contributed by atoms with van der Waals surface area (Å²) in [5, 5.41) is 15.7. The van der Waals surface area contributed by atoms with Crippen molar-refractivity contribution in [3.05, 3.63) is 21.9 Å². The van der Waals surface area contributed by atoms with E-state index in [0.29, 0.717) is 0 Å². The second-order valence-corrected chi connectivity index (χ2v) is 3.25. The van der Waals surface area contributed by atoms with Crippen LogP contribution < -0.4 is 5.73 Å². The monoisotopic (exact) mass is 204 g/mol. The first-order valence-corrected chi connectivity index (χ1v) is 3.74. The van der Waals surface area contributed by atoms with Crippen molar-refractivity contribution >= 4 is 5.82 Å². The number of nitrogens with zero attached hydrogens (tertiary/aromatic N) is 2. The Kier molecular flexibility index (Phi) is 1.46. The minimum Gasteiger partial charge on any atom is -0.358 e. The SMILES string of the molecule is NC1(c2cc([N+](=O)[O-])[nH]n2)CC1(F)F. The van der Waals surface area contributed by atoms with Gasteiger partial charge >= 0.3 is 5.82 Å². The Morgan fingerprint density at radius 3 is 2.64 bits per heavy atom. The molecule has 2 rings (SSSR count). The quantitative estimate of drug-likeness (QED) is 0.541. The third kappa shape index (κ3) is 1.00. The zero-order valence-electron chi connectivity index (χ0n) is 6.83.